The Morgan fingerprint density at radius 1 is 1.13 bits per heavy atom. The van der Waals surface area contributed by atoms with Crippen molar-refractivity contribution in [2.75, 3.05) is 6.61 Å². The van der Waals surface area contributed by atoms with Crippen molar-refractivity contribution >= 4 is 11.0 Å². The van der Waals surface area contributed by atoms with Crippen LogP contribution in [0.1, 0.15) is 13.8 Å². The summed E-state index contributed by atoms with van der Waals surface area (Å²) >= 11 is 0. The SMILES string of the molecule is CC(C)=CCOc1ccc2c(=O)c(-c3ccccc3)coc2c1. The molecule has 1 aromatic heterocycles. The van der Waals surface area contributed by atoms with Crippen LogP contribution in [0.5, 0.6) is 5.75 Å². The third-order valence-electron chi connectivity index (χ3n) is 3.57. The van der Waals surface area contributed by atoms with Crippen LogP contribution in [-0.2, 0) is 0 Å². The van der Waals surface area contributed by atoms with Gasteiger partial charge in [-0.15, -0.1) is 0 Å². The van der Waals surface area contributed by atoms with Crippen molar-refractivity contribution < 1.29 is 9.15 Å². The van der Waals surface area contributed by atoms with Crippen LogP contribution in [-0.4, -0.2) is 6.61 Å². The quantitative estimate of drug-likeness (QED) is 0.650. The van der Waals surface area contributed by atoms with Crippen molar-refractivity contribution in [2.24, 2.45) is 0 Å². The van der Waals surface area contributed by atoms with E-state index in [0.717, 1.165) is 5.56 Å². The lowest BCUT2D eigenvalue weighted by Crippen LogP contribution is -2.05. The Hall–Kier alpha value is -2.81. The molecule has 0 fully saturated rings. The van der Waals surface area contributed by atoms with Crippen molar-refractivity contribution in [3.63, 3.8) is 0 Å². The molecule has 0 aliphatic rings. The van der Waals surface area contributed by atoms with E-state index < -0.39 is 0 Å². The molecule has 3 heteroatoms. The van der Waals surface area contributed by atoms with Gasteiger partial charge in [0.1, 0.15) is 24.2 Å². The molecule has 116 valence electrons. The number of ether oxygens (including phenoxy) is 1. The summed E-state index contributed by atoms with van der Waals surface area (Å²) in [6.45, 7) is 4.54. The van der Waals surface area contributed by atoms with Gasteiger partial charge >= 0.3 is 0 Å². The van der Waals surface area contributed by atoms with Crippen molar-refractivity contribution in [1.29, 1.82) is 0 Å². The Labute approximate surface area is 134 Å². The highest BCUT2D eigenvalue weighted by Gasteiger charge is 2.09. The Morgan fingerprint density at radius 3 is 2.65 bits per heavy atom. The van der Waals surface area contributed by atoms with Crippen LogP contribution in [0.2, 0.25) is 0 Å². The first-order chi connectivity index (χ1) is 11.1. The van der Waals surface area contributed by atoms with Crippen LogP contribution in [0.3, 0.4) is 0 Å². The van der Waals surface area contributed by atoms with Gasteiger partial charge in [0.25, 0.3) is 0 Å². The fourth-order valence-electron chi connectivity index (χ4n) is 2.32. The second-order valence-corrected chi connectivity index (χ2v) is 5.59. The van der Waals surface area contributed by atoms with Crippen LogP contribution < -0.4 is 10.2 Å². The summed E-state index contributed by atoms with van der Waals surface area (Å²) in [6.07, 6.45) is 3.51. The standard InChI is InChI=1S/C20H18O3/c1-14(2)10-11-22-16-8-9-17-19(12-16)23-13-18(20(17)21)15-6-4-3-5-7-15/h3-10,12-13H,11H2,1-2H3. The number of hydrogen-bond donors (Lipinski definition) is 0. The molecular formula is C20H18O3. The highest BCUT2D eigenvalue weighted by atomic mass is 16.5. The van der Waals surface area contributed by atoms with E-state index in [1.54, 1.807) is 18.2 Å². The van der Waals surface area contributed by atoms with E-state index in [0.29, 0.717) is 28.9 Å². The fraction of sp³-hybridized carbons (Fsp3) is 0.150. The summed E-state index contributed by atoms with van der Waals surface area (Å²) in [4.78, 5) is 12.6. The fourth-order valence-corrected chi connectivity index (χ4v) is 2.32. The Balaban J connectivity index is 1.97. The van der Waals surface area contributed by atoms with E-state index in [2.05, 4.69) is 0 Å². The number of allylic oxidation sites excluding steroid dienone is 1. The largest absolute Gasteiger partial charge is 0.489 e. The first-order valence-corrected chi connectivity index (χ1v) is 7.52. The molecule has 0 bridgehead atoms. The van der Waals surface area contributed by atoms with E-state index in [1.807, 2.05) is 50.3 Å². The molecular weight excluding hydrogens is 288 g/mol. The van der Waals surface area contributed by atoms with Crippen LogP contribution >= 0.6 is 0 Å². The summed E-state index contributed by atoms with van der Waals surface area (Å²) in [5, 5.41) is 0.556. The first-order valence-electron chi connectivity index (χ1n) is 7.52. The molecule has 0 atom stereocenters. The molecule has 0 aliphatic carbocycles. The van der Waals surface area contributed by atoms with Crippen molar-refractivity contribution in [1.82, 2.24) is 0 Å². The van der Waals surface area contributed by atoms with E-state index in [1.165, 1.54) is 11.8 Å². The van der Waals surface area contributed by atoms with Gasteiger partial charge in [-0.3, -0.25) is 4.79 Å². The molecule has 3 aromatic rings. The maximum absolute atomic E-state index is 12.6. The normalized spacial score (nSPS) is 10.5. The van der Waals surface area contributed by atoms with Gasteiger partial charge in [0.15, 0.2) is 5.43 Å². The molecule has 3 rings (SSSR count). The number of hydrogen-bond acceptors (Lipinski definition) is 3. The van der Waals surface area contributed by atoms with Crippen molar-refractivity contribution in [3.05, 3.63) is 76.7 Å². The predicted molar refractivity (Wildman–Crippen MR) is 92.8 cm³/mol. The second kappa shape index (κ2) is 6.53. The molecule has 0 N–H and O–H groups in total. The molecule has 0 aliphatic heterocycles. The average Bonchev–Trinajstić information content (AvgIpc) is 2.55. The second-order valence-electron chi connectivity index (χ2n) is 5.59. The molecule has 23 heavy (non-hydrogen) atoms. The van der Waals surface area contributed by atoms with Crippen LogP contribution in [0.25, 0.3) is 22.1 Å². The molecule has 3 nitrogen and oxygen atoms in total. The van der Waals surface area contributed by atoms with Crippen LogP contribution in [0, 0.1) is 0 Å². The van der Waals surface area contributed by atoms with Gasteiger partial charge in [-0.05, 0) is 37.6 Å². The number of benzene rings is 2. The third-order valence-corrected chi connectivity index (χ3v) is 3.57. The summed E-state index contributed by atoms with van der Waals surface area (Å²) in [5.74, 6) is 0.686. The van der Waals surface area contributed by atoms with Gasteiger partial charge < -0.3 is 9.15 Å². The molecule has 0 amide bonds. The lowest BCUT2D eigenvalue weighted by Gasteiger charge is -2.06. The van der Waals surface area contributed by atoms with E-state index >= 15 is 0 Å². The summed E-state index contributed by atoms with van der Waals surface area (Å²) in [6, 6.07) is 14.8. The zero-order valence-corrected chi connectivity index (χ0v) is 13.2. The Bertz CT molecular complexity index is 901. The Morgan fingerprint density at radius 2 is 1.91 bits per heavy atom. The first kappa shape index (κ1) is 15.1. The highest BCUT2D eigenvalue weighted by Crippen LogP contribution is 2.23. The lowest BCUT2D eigenvalue weighted by molar-refractivity contribution is 0.362. The predicted octanol–water partition coefficient (Wildman–Crippen LogP) is 4.81. The minimum Gasteiger partial charge on any atom is -0.489 e. The highest BCUT2D eigenvalue weighted by molar-refractivity contribution is 5.82. The maximum atomic E-state index is 12.6. The molecule has 0 saturated carbocycles. The number of rotatable bonds is 4. The molecule has 0 unspecified atom stereocenters. The summed E-state index contributed by atoms with van der Waals surface area (Å²) < 4.78 is 11.3. The van der Waals surface area contributed by atoms with E-state index in [4.69, 9.17) is 9.15 Å². The average molecular weight is 306 g/mol. The molecule has 1 heterocycles. The van der Waals surface area contributed by atoms with Gasteiger partial charge in [-0.1, -0.05) is 35.9 Å². The molecule has 2 aromatic carbocycles. The van der Waals surface area contributed by atoms with Crippen LogP contribution in [0.15, 0.2) is 75.7 Å². The zero-order valence-electron chi connectivity index (χ0n) is 13.2. The van der Waals surface area contributed by atoms with Gasteiger partial charge in [-0.25, -0.2) is 0 Å². The van der Waals surface area contributed by atoms with E-state index in [-0.39, 0.29) is 5.43 Å². The molecule has 0 saturated heterocycles. The van der Waals surface area contributed by atoms with Gasteiger partial charge in [0, 0.05) is 6.07 Å². The minimum absolute atomic E-state index is 0.0340. The third kappa shape index (κ3) is 3.34. The van der Waals surface area contributed by atoms with Crippen LogP contribution in [0.4, 0.5) is 0 Å². The van der Waals surface area contributed by atoms with Crippen molar-refractivity contribution in [2.45, 2.75) is 13.8 Å². The minimum atomic E-state index is -0.0340. The summed E-state index contributed by atoms with van der Waals surface area (Å²) in [7, 11) is 0. The van der Waals surface area contributed by atoms with Gasteiger partial charge in [-0.2, -0.15) is 0 Å². The number of fused-ring (bicyclic) bond motifs is 1. The smallest absolute Gasteiger partial charge is 0.200 e. The van der Waals surface area contributed by atoms with Crippen molar-refractivity contribution in [3.8, 4) is 16.9 Å². The maximum Gasteiger partial charge on any atom is 0.200 e. The monoisotopic (exact) mass is 306 g/mol. The van der Waals surface area contributed by atoms with Gasteiger partial charge in [0.05, 0.1) is 10.9 Å². The zero-order chi connectivity index (χ0) is 16.2. The lowest BCUT2D eigenvalue weighted by atomic mass is 10.1. The Kier molecular flexibility index (Phi) is 4.29. The molecule has 0 radical (unpaired) electrons. The molecule has 0 spiro atoms. The summed E-state index contributed by atoms with van der Waals surface area (Å²) in [5.41, 5.74) is 3.12. The van der Waals surface area contributed by atoms with Gasteiger partial charge in [0.2, 0.25) is 0 Å². The van der Waals surface area contributed by atoms with E-state index in [9.17, 15) is 4.79 Å². The topological polar surface area (TPSA) is 39.4 Å².